The Morgan fingerprint density at radius 2 is 1.85 bits per heavy atom. The molecule has 0 heterocycles. The van der Waals surface area contributed by atoms with Crippen LogP contribution < -0.4 is 9.04 Å². The van der Waals surface area contributed by atoms with Crippen LogP contribution in [0, 0.1) is 6.92 Å². The third kappa shape index (κ3) is 4.36. The highest BCUT2D eigenvalue weighted by Gasteiger charge is 2.26. The van der Waals surface area contributed by atoms with Gasteiger partial charge in [-0.2, -0.15) is 0 Å². The van der Waals surface area contributed by atoms with Gasteiger partial charge in [-0.1, -0.05) is 11.6 Å². The van der Waals surface area contributed by atoms with Crippen molar-refractivity contribution in [1.82, 2.24) is 0 Å². The van der Waals surface area contributed by atoms with Gasteiger partial charge in [0.15, 0.2) is 0 Å². The second-order valence-corrected chi connectivity index (χ2v) is 7.96. The number of halogens is 1. The Morgan fingerprint density at radius 1 is 1.15 bits per heavy atom. The van der Waals surface area contributed by atoms with E-state index in [4.69, 9.17) is 21.1 Å². The average molecular weight is 412 g/mol. The fourth-order valence-corrected chi connectivity index (χ4v) is 4.57. The van der Waals surface area contributed by atoms with E-state index in [1.807, 2.05) is 0 Å². The molecule has 0 atom stereocenters. The Bertz CT molecular complexity index is 943. The number of carbonyl (C=O) groups is 1. The topological polar surface area (TPSA) is 72.9 Å². The highest BCUT2D eigenvalue weighted by molar-refractivity contribution is 7.92. The molecule has 0 aliphatic rings. The van der Waals surface area contributed by atoms with E-state index >= 15 is 0 Å². The summed E-state index contributed by atoms with van der Waals surface area (Å²) in [5, 5.41) is 0.212. The van der Waals surface area contributed by atoms with Crippen LogP contribution in [0.2, 0.25) is 5.02 Å². The highest BCUT2D eigenvalue weighted by Crippen LogP contribution is 2.31. The minimum atomic E-state index is -3.84. The number of nitrogens with zero attached hydrogens (tertiary/aromatic N) is 1. The summed E-state index contributed by atoms with van der Waals surface area (Å²) in [6, 6.07) is 9.10. The van der Waals surface area contributed by atoms with Crippen LogP contribution in [0.25, 0.3) is 0 Å². The molecule has 6 nitrogen and oxygen atoms in total. The molecule has 2 aromatic carbocycles. The lowest BCUT2D eigenvalue weighted by atomic mass is 10.1. The van der Waals surface area contributed by atoms with Gasteiger partial charge >= 0.3 is 5.97 Å². The minimum Gasteiger partial charge on any atom is -0.495 e. The van der Waals surface area contributed by atoms with Gasteiger partial charge in [-0.25, -0.2) is 13.2 Å². The minimum absolute atomic E-state index is 0.0593. The normalized spacial score (nSPS) is 11.1. The summed E-state index contributed by atoms with van der Waals surface area (Å²) in [6.07, 6.45) is 0. The Kier molecular flexibility index (Phi) is 6.73. The Balaban J connectivity index is 2.46. The molecule has 0 radical (unpaired) electrons. The van der Waals surface area contributed by atoms with Crippen molar-refractivity contribution in [3.8, 4) is 5.75 Å². The molecule has 8 heteroatoms. The molecular weight excluding hydrogens is 390 g/mol. The lowest BCUT2D eigenvalue weighted by Gasteiger charge is -2.25. The number of benzene rings is 2. The van der Waals surface area contributed by atoms with Crippen LogP contribution in [0.15, 0.2) is 41.3 Å². The van der Waals surface area contributed by atoms with Gasteiger partial charge in [0.1, 0.15) is 5.75 Å². The summed E-state index contributed by atoms with van der Waals surface area (Å²) >= 11 is 6.09. The second kappa shape index (κ2) is 8.63. The predicted molar refractivity (Wildman–Crippen MR) is 105 cm³/mol. The SMILES string of the molecule is CCOC(=O)c1ccc(N(CC)S(=O)(=O)c2ccc(OC)c(Cl)c2)c(C)c1. The van der Waals surface area contributed by atoms with Gasteiger partial charge < -0.3 is 9.47 Å². The van der Waals surface area contributed by atoms with Crippen molar-refractivity contribution < 1.29 is 22.7 Å². The average Bonchev–Trinajstić information content (AvgIpc) is 2.63. The van der Waals surface area contributed by atoms with Crippen molar-refractivity contribution in [2.75, 3.05) is 24.6 Å². The lowest BCUT2D eigenvalue weighted by molar-refractivity contribution is 0.0526. The van der Waals surface area contributed by atoms with Gasteiger partial charge in [-0.3, -0.25) is 4.31 Å². The van der Waals surface area contributed by atoms with Crippen LogP contribution in [0.4, 0.5) is 5.69 Å². The Morgan fingerprint density at radius 3 is 2.37 bits per heavy atom. The molecule has 0 saturated heterocycles. The monoisotopic (exact) mass is 411 g/mol. The van der Waals surface area contributed by atoms with E-state index in [9.17, 15) is 13.2 Å². The molecule has 27 heavy (non-hydrogen) atoms. The number of carbonyl (C=O) groups excluding carboxylic acids is 1. The van der Waals surface area contributed by atoms with Gasteiger partial charge in [-0.05, 0) is 62.7 Å². The first-order valence-corrected chi connectivity index (χ1v) is 10.2. The van der Waals surface area contributed by atoms with Crippen LogP contribution in [0.5, 0.6) is 5.75 Å². The number of ether oxygens (including phenoxy) is 2. The van der Waals surface area contributed by atoms with Gasteiger partial charge in [0.25, 0.3) is 10.0 Å². The molecule has 0 aromatic heterocycles. The molecule has 0 N–H and O–H groups in total. The van der Waals surface area contributed by atoms with Crippen LogP contribution in [0.1, 0.15) is 29.8 Å². The van der Waals surface area contributed by atoms with Gasteiger partial charge in [0.05, 0.1) is 34.9 Å². The molecule has 0 amide bonds. The van der Waals surface area contributed by atoms with Crippen molar-refractivity contribution in [3.63, 3.8) is 0 Å². The molecule has 0 fully saturated rings. The molecule has 0 unspecified atom stereocenters. The standard InChI is InChI=1S/C19H22ClNO5S/c1-5-21(17-9-7-14(11-13(17)3)19(22)26-6-2)27(23,24)15-8-10-18(25-4)16(20)12-15/h7-12H,5-6H2,1-4H3. The number of hydrogen-bond donors (Lipinski definition) is 0. The zero-order chi connectivity index (χ0) is 20.2. The third-order valence-electron chi connectivity index (χ3n) is 3.98. The number of esters is 1. The maximum absolute atomic E-state index is 13.1. The Labute approximate surface area is 164 Å². The van der Waals surface area contributed by atoms with Crippen LogP contribution >= 0.6 is 11.6 Å². The highest BCUT2D eigenvalue weighted by atomic mass is 35.5. The first-order valence-electron chi connectivity index (χ1n) is 8.40. The molecule has 0 aliphatic heterocycles. The van der Waals surface area contributed by atoms with E-state index in [0.29, 0.717) is 22.6 Å². The van der Waals surface area contributed by atoms with E-state index < -0.39 is 16.0 Å². The first kappa shape index (κ1) is 21.1. The maximum Gasteiger partial charge on any atom is 0.338 e. The van der Waals surface area contributed by atoms with Crippen molar-refractivity contribution in [3.05, 3.63) is 52.5 Å². The van der Waals surface area contributed by atoms with E-state index in [2.05, 4.69) is 0 Å². The lowest BCUT2D eigenvalue weighted by Crippen LogP contribution is -2.31. The molecular formula is C19H22ClNO5S. The third-order valence-corrected chi connectivity index (χ3v) is 6.16. The molecule has 0 saturated carbocycles. The van der Waals surface area contributed by atoms with Crippen molar-refractivity contribution in [2.24, 2.45) is 0 Å². The van der Waals surface area contributed by atoms with Crippen molar-refractivity contribution >= 4 is 33.3 Å². The zero-order valence-corrected chi connectivity index (χ0v) is 17.2. The summed E-state index contributed by atoms with van der Waals surface area (Å²) in [6.45, 7) is 5.70. The molecule has 2 aromatic rings. The van der Waals surface area contributed by atoms with E-state index in [1.165, 1.54) is 29.6 Å². The largest absolute Gasteiger partial charge is 0.495 e. The fourth-order valence-electron chi connectivity index (χ4n) is 2.68. The van der Waals surface area contributed by atoms with E-state index in [1.54, 1.807) is 39.0 Å². The molecule has 146 valence electrons. The number of anilines is 1. The zero-order valence-electron chi connectivity index (χ0n) is 15.7. The fraction of sp³-hybridized carbons (Fsp3) is 0.316. The summed E-state index contributed by atoms with van der Waals surface area (Å²) in [4.78, 5) is 11.9. The summed E-state index contributed by atoms with van der Waals surface area (Å²) in [5.74, 6) is -0.0476. The Hall–Kier alpha value is -2.25. The van der Waals surface area contributed by atoms with Crippen molar-refractivity contribution in [2.45, 2.75) is 25.7 Å². The van der Waals surface area contributed by atoms with Gasteiger partial charge in [0, 0.05) is 6.54 Å². The summed E-state index contributed by atoms with van der Waals surface area (Å²) < 4.78 is 37.6. The van der Waals surface area contributed by atoms with Gasteiger partial charge in [0.2, 0.25) is 0 Å². The molecule has 0 spiro atoms. The molecule has 0 bridgehead atoms. The van der Waals surface area contributed by atoms with E-state index in [0.717, 1.165) is 0 Å². The van der Waals surface area contributed by atoms with Crippen LogP contribution in [-0.2, 0) is 14.8 Å². The number of aryl methyl sites for hydroxylation is 1. The maximum atomic E-state index is 13.1. The summed E-state index contributed by atoms with van der Waals surface area (Å²) in [7, 11) is -2.38. The van der Waals surface area contributed by atoms with Gasteiger partial charge in [-0.15, -0.1) is 0 Å². The van der Waals surface area contributed by atoms with E-state index in [-0.39, 0.29) is 23.1 Å². The first-order chi connectivity index (χ1) is 12.8. The number of hydrogen-bond acceptors (Lipinski definition) is 5. The van der Waals surface area contributed by atoms with Crippen LogP contribution in [0.3, 0.4) is 0 Å². The van der Waals surface area contributed by atoms with Crippen molar-refractivity contribution in [1.29, 1.82) is 0 Å². The van der Waals surface area contributed by atoms with Crippen LogP contribution in [-0.4, -0.2) is 34.6 Å². The summed E-state index contributed by atoms with van der Waals surface area (Å²) in [5.41, 5.74) is 1.50. The smallest absolute Gasteiger partial charge is 0.338 e. The number of sulfonamides is 1. The molecule has 2 rings (SSSR count). The molecule has 0 aliphatic carbocycles. The predicted octanol–water partition coefficient (Wildman–Crippen LogP) is 4.05. The quantitative estimate of drug-likeness (QED) is 0.642. The number of rotatable bonds is 7. The second-order valence-electron chi connectivity index (χ2n) is 5.69. The number of methoxy groups -OCH3 is 1.